The highest BCUT2D eigenvalue weighted by Gasteiger charge is 2.21. The van der Waals surface area contributed by atoms with E-state index in [1.807, 2.05) is 6.07 Å². The number of rotatable bonds is 7. The van der Waals surface area contributed by atoms with E-state index in [1.165, 1.54) is 15.9 Å². The minimum absolute atomic E-state index is 0.219. The summed E-state index contributed by atoms with van der Waals surface area (Å²) in [7, 11) is 1.55. The zero-order valence-corrected chi connectivity index (χ0v) is 18.0. The van der Waals surface area contributed by atoms with Crippen molar-refractivity contribution in [3.63, 3.8) is 0 Å². The van der Waals surface area contributed by atoms with Gasteiger partial charge >= 0.3 is 0 Å². The maximum atomic E-state index is 12.9. The van der Waals surface area contributed by atoms with Crippen LogP contribution < -0.4 is 10.9 Å². The number of thiophene rings is 1. The Hall–Kier alpha value is -2.38. The van der Waals surface area contributed by atoms with Gasteiger partial charge in [0.1, 0.15) is 11.1 Å². The van der Waals surface area contributed by atoms with Crippen LogP contribution in [0.5, 0.6) is 0 Å². The van der Waals surface area contributed by atoms with Gasteiger partial charge in [-0.15, -0.1) is 11.3 Å². The van der Waals surface area contributed by atoms with Crippen LogP contribution in [0.1, 0.15) is 12.5 Å². The lowest BCUT2D eigenvalue weighted by atomic mass is 10.2. The number of benzene rings is 1. The van der Waals surface area contributed by atoms with Crippen molar-refractivity contribution in [2.24, 2.45) is 0 Å². The number of nitrogens with one attached hydrogen (secondary N) is 1. The number of methoxy groups -OCH3 is 1. The normalized spacial score (nSPS) is 11.9. The Bertz CT molecular complexity index is 1150. The van der Waals surface area contributed by atoms with Crippen LogP contribution in [0.3, 0.4) is 0 Å². The van der Waals surface area contributed by atoms with Gasteiger partial charge in [0.05, 0.1) is 34.9 Å². The molecule has 1 N–H and O–H groups in total. The van der Waals surface area contributed by atoms with Gasteiger partial charge in [0, 0.05) is 12.1 Å². The van der Waals surface area contributed by atoms with Gasteiger partial charge in [-0.1, -0.05) is 23.4 Å². The number of hydrogen-bond donors (Lipinski definition) is 1. The molecule has 3 rings (SSSR count). The van der Waals surface area contributed by atoms with E-state index in [2.05, 4.69) is 10.3 Å². The molecule has 0 radical (unpaired) electrons. The number of fused-ring (bicyclic) bond motifs is 1. The van der Waals surface area contributed by atoms with Crippen LogP contribution in [0.15, 0.2) is 39.6 Å². The van der Waals surface area contributed by atoms with Crippen LogP contribution in [0.4, 0.5) is 5.00 Å². The third-order valence-electron chi connectivity index (χ3n) is 4.08. The monoisotopic (exact) mass is 448 g/mol. The van der Waals surface area contributed by atoms with Crippen molar-refractivity contribution in [2.45, 2.75) is 23.9 Å². The molecule has 10 heteroatoms. The first-order valence-corrected chi connectivity index (χ1v) is 10.7. The quantitative estimate of drug-likeness (QED) is 0.436. The number of aromatic nitrogens is 2. The van der Waals surface area contributed by atoms with Gasteiger partial charge < -0.3 is 10.1 Å². The van der Waals surface area contributed by atoms with E-state index < -0.39 is 5.25 Å². The fourth-order valence-electron chi connectivity index (χ4n) is 2.56. The lowest BCUT2D eigenvalue weighted by Gasteiger charge is -2.16. The lowest BCUT2D eigenvalue weighted by Crippen LogP contribution is -2.28. The van der Waals surface area contributed by atoms with Crippen molar-refractivity contribution in [1.82, 2.24) is 9.55 Å². The van der Waals surface area contributed by atoms with Gasteiger partial charge in [-0.05, 0) is 36.6 Å². The number of halogens is 1. The lowest BCUT2D eigenvalue weighted by molar-refractivity contribution is -0.115. The first kappa shape index (κ1) is 21.3. The molecule has 0 bridgehead atoms. The van der Waals surface area contributed by atoms with Crippen LogP contribution in [-0.2, 0) is 16.1 Å². The number of amides is 1. The van der Waals surface area contributed by atoms with Crippen molar-refractivity contribution in [2.75, 3.05) is 19.0 Å². The third kappa shape index (κ3) is 4.79. The minimum atomic E-state index is -0.555. The number of anilines is 1. The van der Waals surface area contributed by atoms with E-state index in [-0.39, 0.29) is 11.5 Å². The predicted octanol–water partition coefficient (Wildman–Crippen LogP) is 3.75. The molecular formula is C19H17ClN4O3S2. The Morgan fingerprint density at radius 3 is 3.00 bits per heavy atom. The SMILES string of the molecule is COCCn1c(S[C@H](C)C(=O)Nc2sccc2C#N)nc2cc(Cl)ccc2c1=O. The molecule has 2 heterocycles. The molecule has 0 saturated heterocycles. The highest BCUT2D eigenvalue weighted by molar-refractivity contribution is 8.00. The Kier molecular flexibility index (Phi) is 6.92. The molecule has 0 aliphatic heterocycles. The van der Waals surface area contributed by atoms with Gasteiger partial charge in [0.25, 0.3) is 5.56 Å². The molecule has 29 heavy (non-hydrogen) atoms. The summed E-state index contributed by atoms with van der Waals surface area (Å²) in [5.41, 5.74) is 0.663. The number of carbonyl (C=O) groups excluding carboxylic acids is 1. The average Bonchev–Trinajstić information content (AvgIpc) is 3.14. The van der Waals surface area contributed by atoms with Gasteiger partial charge in [0.2, 0.25) is 5.91 Å². The summed E-state index contributed by atoms with van der Waals surface area (Å²) in [4.78, 5) is 30.1. The summed E-state index contributed by atoms with van der Waals surface area (Å²) < 4.78 is 6.61. The molecule has 3 aromatic rings. The van der Waals surface area contributed by atoms with E-state index in [1.54, 1.807) is 43.7 Å². The minimum Gasteiger partial charge on any atom is -0.383 e. The van der Waals surface area contributed by atoms with Crippen molar-refractivity contribution >= 4 is 56.5 Å². The van der Waals surface area contributed by atoms with Gasteiger partial charge in [-0.3, -0.25) is 14.2 Å². The fourth-order valence-corrected chi connectivity index (χ4v) is 4.40. The molecule has 1 amide bonds. The average molecular weight is 449 g/mol. The molecular weight excluding hydrogens is 432 g/mol. The number of nitrogens with zero attached hydrogens (tertiary/aromatic N) is 3. The van der Waals surface area contributed by atoms with Crippen LogP contribution in [0.2, 0.25) is 5.02 Å². The number of hydrogen-bond acceptors (Lipinski definition) is 7. The van der Waals surface area contributed by atoms with E-state index >= 15 is 0 Å². The first-order chi connectivity index (χ1) is 13.9. The number of thioether (sulfide) groups is 1. The van der Waals surface area contributed by atoms with E-state index in [0.29, 0.717) is 44.8 Å². The van der Waals surface area contributed by atoms with Crippen molar-refractivity contribution < 1.29 is 9.53 Å². The van der Waals surface area contributed by atoms with E-state index in [4.69, 9.17) is 21.6 Å². The fraction of sp³-hybridized carbons (Fsp3) is 0.263. The summed E-state index contributed by atoms with van der Waals surface area (Å²) in [6, 6.07) is 8.59. The third-order valence-corrected chi connectivity index (χ3v) is 6.23. The highest BCUT2D eigenvalue weighted by atomic mass is 35.5. The molecule has 0 spiro atoms. The Balaban J connectivity index is 1.91. The molecule has 0 aliphatic carbocycles. The summed E-state index contributed by atoms with van der Waals surface area (Å²) in [6.45, 7) is 2.35. The zero-order valence-electron chi connectivity index (χ0n) is 15.6. The maximum Gasteiger partial charge on any atom is 0.262 e. The predicted molar refractivity (Wildman–Crippen MR) is 116 cm³/mol. The molecule has 0 aliphatic rings. The Morgan fingerprint density at radius 1 is 1.48 bits per heavy atom. The summed E-state index contributed by atoms with van der Waals surface area (Å²) in [5, 5.41) is 14.9. The number of ether oxygens (including phenoxy) is 1. The molecule has 7 nitrogen and oxygen atoms in total. The number of nitriles is 1. The molecule has 0 saturated carbocycles. The van der Waals surface area contributed by atoms with Gasteiger partial charge in [-0.25, -0.2) is 4.98 Å². The van der Waals surface area contributed by atoms with Crippen molar-refractivity contribution in [1.29, 1.82) is 5.26 Å². The molecule has 0 unspecified atom stereocenters. The molecule has 0 fully saturated rings. The topological polar surface area (TPSA) is 97.0 Å². The second-order valence-electron chi connectivity index (χ2n) is 6.03. The van der Waals surface area contributed by atoms with Crippen LogP contribution in [0.25, 0.3) is 10.9 Å². The standard InChI is InChI=1S/C19H17ClN4O3S2/c1-11(16(25)23-17-12(10-21)5-8-28-17)29-19-22-15-9-13(20)3-4-14(15)18(26)24(19)6-7-27-2/h3-5,8-9,11H,6-7H2,1-2H3,(H,23,25)/t11-/m1/s1. The molecule has 150 valence electrons. The Labute approximate surface area is 180 Å². The molecule has 1 aromatic carbocycles. The highest BCUT2D eigenvalue weighted by Crippen LogP contribution is 2.27. The summed E-state index contributed by atoms with van der Waals surface area (Å²) >= 11 is 8.49. The smallest absolute Gasteiger partial charge is 0.262 e. The second-order valence-corrected chi connectivity index (χ2v) is 8.69. The van der Waals surface area contributed by atoms with Crippen molar-refractivity contribution in [3.8, 4) is 6.07 Å². The van der Waals surface area contributed by atoms with Crippen LogP contribution in [-0.4, -0.2) is 34.4 Å². The van der Waals surface area contributed by atoms with Gasteiger partial charge in [-0.2, -0.15) is 5.26 Å². The maximum absolute atomic E-state index is 12.9. The number of carbonyl (C=O) groups is 1. The van der Waals surface area contributed by atoms with E-state index in [9.17, 15) is 9.59 Å². The second kappa shape index (κ2) is 9.41. The largest absolute Gasteiger partial charge is 0.383 e. The summed E-state index contributed by atoms with van der Waals surface area (Å²) in [5.74, 6) is -0.285. The van der Waals surface area contributed by atoms with Crippen molar-refractivity contribution in [3.05, 3.63) is 50.6 Å². The van der Waals surface area contributed by atoms with Crippen LogP contribution >= 0.6 is 34.7 Å². The zero-order chi connectivity index (χ0) is 21.0. The molecule has 2 aromatic heterocycles. The van der Waals surface area contributed by atoms with Crippen LogP contribution in [0, 0.1) is 11.3 Å². The van der Waals surface area contributed by atoms with Gasteiger partial charge in [0.15, 0.2) is 5.16 Å². The Morgan fingerprint density at radius 2 is 2.28 bits per heavy atom. The summed E-state index contributed by atoms with van der Waals surface area (Å²) in [6.07, 6.45) is 0. The van der Waals surface area contributed by atoms with E-state index in [0.717, 1.165) is 11.8 Å². The first-order valence-electron chi connectivity index (χ1n) is 8.58. The molecule has 1 atom stereocenters.